The molecule has 3 rings (SSSR count). The molecule has 0 bridgehead atoms. The second kappa shape index (κ2) is 5.53. The molecule has 0 N–H and O–H groups in total. The Bertz CT molecular complexity index is 595. The number of ether oxygens (including phenoxy) is 2. The fraction of sp³-hybridized carbons (Fsp3) is 0.467. The van der Waals surface area contributed by atoms with E-state index in [4.69, 9.17) is 9.47 Å². The maximum atomic E-state index is 5.63. The number of hydrogen-bond acceptors (Lipinski definition) is 4. The molecule has 0 aliphatic carbocycles. The molecule has 0 saturated heterocycles. The van der Waals surface area contributed by atoms with Crippen molar-refractivity contribution in [1.29, 1.82) is 0 Å². The average Bonchev–Trinajstić information content (AvgIpc) is 2.94. The van der Waals surface area contributed by atoms with Gasteiger partial charge in [0, 0.05) is 12.7 Å². The van der Waals surface area contributed by atoms with Crippen LogP contribution in [0.3, 0.4) is 0 Å². The van der Waals surface area contributed by atoms with E-state index in [1.165, 1.54) is 5.56 Å². The number of rotatable bonds is 4. The largest absolute Gasteiger partial charge is 0.486 e. The van der Waals surface area contributed by atoms with E-state index in [1.54, 1.807) is 0 Å². The van der Waals surface area contributed by atoms with Crippen molar-refractivity contribution in [3.8, 4) is 11.5 Å². The number of fused-ring (bicyclic) bond motifs is 1. The maximum Gasteiger partial charge on any atom is 0.161 e. The van der Waals surface area contributed by atoms with E-state index < -0.39 is 0 Å². The Balaban J connectivity index is 1.74. The molecule has 1 aromatic carbocycles. The van der Waals surface area contributed by atoms with Crippen molar-refractivity contribution >= 4 is 0 Å². The van der Waals surface area contributed by atoms with Crippen LogP contribution in [0.4, 0.5) is 0 Å². The van der Waals surface area contributed by atoms with Gasteiger partial charge in [0.15, 0.2) is 11.5 Å². The van der Waals surface area contributed by atoms with Crippen LogP contribution < -0.4 is 9.47 Å². The topological polar surface area (TPSA) is 49.2 Å². The third-order valence-corrected chi connectivity index (χ3v) is 3.56. The number of aryl methyl sites for hydroxylation is 1. The normalized spacial score (nSPS) is 15.1. The zero-order chi connectivity index (χ0) is 13.9. The highest BCUT2D eigenvalue weighted by Crippen LogP contribution is 2.33. The van der Waals surface area contributed by atoms with Crippen LogP contribution in [0.1, 0.15) is 31.0 Å². The molecular weight excluding hydrogens is 254 g/mol. The molecule has 1 aromatic heterocycles. The number of benzene rings is 1. The standard InChI is InChI=1S/C15H19N3O2/c1-3-18-10-13(16-17-18)8-11(2)12-4-5-14-15(9-12)20-7-6-19-14/h4-5,9-11H,3,6-8H2,1-2H3. The molecule has 5 heteroatoms. The molecule has 0 saturated carbocycles. The molecule has 0 spiro atoms. The summed E-state index contributed by atoms with van der Waals surface area (Å²) in [6, 6.07) is 6.16. The van der Waals surface area contributed by atoms with Crippen LogP contribution in [-0.4, -0.2) is 28.2 Å². The summed E-state index contributed by atoms with van der Waals surface area (Å²) < 4.78 is 13.0. The van der Waals surface area contributed by atoms with Gasteiger partial charge in [0.25, 0.3) is 0 Å². The van der Waals surface area contributed by atoms with Crippen molar-refractivity contribution in [3.63, 3.8) is 0 Å². The molecule has 1 aliphatic rings. The zero-order valence-electron chi connectivity index (χ0n) is 11.9. The first-order valence-electron chi connectivity index (χ1n) is 7.05. The Hall–Kier alpha value is -2.04. The molecule has 20 heavy (non-hydrogen) atoms. The van der Waals surface area contributed by atoms with Crippen LogP contribution in [0.25, 0.3) is 0 Å². The smallest absolute Gasteiger partial charge is 0.161 e. The van der Waals surface area contributed by atoms with E-state index in [-0.39, 0.29) is 0 Å². The lowest BCUT2D eigenvalue weighted by Crippen LogP contribution is -2.15. The average molecular weight is 273 g/mol. The summed E-state index contributed by atoms with van der Waals surface area (Å²) in [5, 5.41) is 8.27. The van der Waals surface area contributed by atoms with Crippen LogP contribution in [0.15, 0.2) is 24.4 Å². The molecule has 1 aliphatic heterocycles. The van der Waals surface area contributed by atoms with Gasteiger partial charge in [0.2, 0.25) is 0 Å². The van der Waals surface area contributed by atoms with Crippen LogP contribution in [0.2, 0.25) is 0 Å². The van der Waals surface area contributed by atoms with E-state index in [9.17, 15) is 0 Å². The molecule has 0 radical (unpaired) electrons. The minimum absolute atomic E-state index is 0.368. The van der Waals surface area contributed by atoms with Gasteiger partial charge in [-0.3, -0.25) is 4.68 Å². The third-order valence-electron chi connectivity index (χ3n) is 3.56. The third kappa shape index (κ3) is 2.61. The van der Waals surface area contributed by atoms with Crippen molar-refractivity contribution in [2.24, 2.45) is 0 Å². The summed E-state index contributed by atoms with van der Waals surface area (Å²) in [6.07, 6.45) is 2.88. The summed E-state index contributed by atoms with van der Waals surface area (Å²) in [5.41, 5.74) is 2.26. The SMILES string of the molecule is CCn1cc(CC(C)c2ccc3c(c2)OCCO3)nn1. The first-order valence-corrected chi connectivity index (χ1v) is 7.05. The minimum Gasteiger partial charge on any atom is -0.486 e. The molecule has 1 atom stereocenters. The predicted molar refractivity (Wildman–Crippen MR) is 75.2 cm³/mol. The summed E-state index contributed by atoms with van der Waals surface area (Å²) in [4.78, 5) is 0. The van der Waals surface area contributed by atoms with Crippen LogP contribution in [-0.2, 0) is 13.0 Å². The molecule has 0 amide bonds. The Morgan fingerprint density at radius 2 is 2.05 bits per heavy atom. The van der Waals surface area contributed by atoms with Gasteiger partial charge in [-0.1, -0.05) is 18.2 Å². The lowest BCUT2D eigenvalue weighted by atomic mass is 9.96. The highest BCUT2D eigenvalue weighted by atomic mass is 16.6. The second-order valence-corrected chi connectivity index (χ2v) is 5.07. The first-order chi connectivity index (χ1) is 9.76. The van der Waals surface area contributed by atoms with E-state index in [0.717, 1.165) is 30.2 Å². The van der Waals surface area contributed by atoms with Gasteiger partial charge >= 0.3 is 0 Å². The van der Waals surface area contributed by atoms with Crippen LogP contribution >= 0.6 is 0 Å². The van der Waals surface area contributed by atoms with Gasteiger partial charge in [-0.15, -0.1) is 5.10 Å². The van der Waals surface area contributed by atoms with Gasteiger partial charge in [-0.25, -0.2) is 0 Å². The number of hydrogen-bond donors (Lipinski definition) is 0. The minimum atomic E-state index is 0.368. The van der Waals surface area contributed by atoms with Gasteiger partial charge in [-0.2, -0.15) is 0 Å². The number of nitrogens with zero attached hydrogens (tertiary/aromatic N) is 3. The molecule has 5 nitrogen and oxygen atoms in total. The van der Waals surface area contributed by atoms with Crippen molar-refractivity contribution in [3.05, 3.63) is 35.7 Å². The summed E-state index contributed by atoms with van der Waals surface area (Å²) >= 11 is 0. The molecule has 106 valence electrons. The molecule has 1 unspecified atom stereocenters. The lowest BCUT2D eigenvalue weighted by Gasteiger charge is -2.20. The fourth-order valence-electron chi connectivity index (χ4n) is 2.38. The quantitative estimate of drug-likeness (QED) is 0.858. The monoisotopic (exact) mass is 273 g/mol. The highest BCUT2D eigenvalue weighted by molar-refractivity contribution is 5.44. The molecule has 2 aromatic rings. The molecular formula is C15H19N3O2. The Labute approximate surface area is 118 Å². The van der Waals surface area contributed by atoms with E-state index >= 15 is 0 Å². The maximum absolute atomic E-state index is 5.63. The number of aromatic nitrogens is 3. The second-order valence-electron chi connectivity index (χ2n) is 5.07. The van der Waals surface area contributed by atoms with Crippen LogP contribution in [0, 0.1) is 0 Å². The summed E-state index contributed by atoms with van der Waals surface area (Å²) in [5.74, 6) is 2.05. The van der Waals surface area contributed by atoms with Crippen molar-refractivity contribution < 1.29 is 9.47 Å². The molecule has 2 heterocycles. The Morgan fingerprint density at radius 3 is 2.80 bits per heavy atom. The van der Waals surface area contributed by atoms with E-state index in [2.05, 4.69) is 36.3 Å². The lowest BCUT2D eigenvalue weighted by molar-refractivity contribution is 0.171. The van der Waals surface area contributed by atoms with E-state index in [0.29, 0.717) is 19.1 Å². The Kier molecular flexibility index (Phi) is 3.58. The first kappa shape index (κ1) is 13.0. The van der Waals surface area contributed by atoms with Gasteiger partial charge in [-0.05, 0) is 37.0 Å². The van der Waals surface area contributed by atoms with E-state index in [1.807, 2.05) is 16.9 Å². The summed E-state index contributed by atoms with van der Waals surface area (Å²) in [7, 11) is 0. The highest BCUT2D eigenvalue weighted by Gasteiger charge is 2.15. The van der Waals surface area contributed by atoms with Gasteiger partial charge in [0.1, 0.15) is 13.2 Å². The predicted octanol–water partition coefficient (Wildman–Crippen LogP) is 2.42. The molecule has 0 fully saturated rings. The van der Waals surface area contributed by atoms with Gasteiger partial charge < -0.3 is 9.47 Å². The van der Waals surface area contributed by atoms with Crippen molar-refractivity contribution in [2.45, 2.75) is 32.7 Å². The van der Waals surface area contributed by atoms with Crippen molar-refractivity contribution in [2.75, 3.05) is 13.2 Å². The Morgan fingerprint density at radius 1 is 1.25 bits per heavy atom. The zero-order valence-corrected chi connectivity index (χ0v) is 11.9. The summed E-state index contributed by atoms with van der Waals surface area (Å²) in [6.45, 7) is 6.35. The van der Waals surface area contributed by atoms with Crippen molar-refractivity contribution in [1.82, 2.24) is 15.0 Å². The van der Waals surface area contributed by atoms with Gasteiger partial charge in [0.05, 0.1) is 5.69 Å². The van der Waals surface area contributed by atoms with Crippen LogP contribution in [0.5, 0.6) is 11.5 Å². The fourth-order valence-corrected chi connectivity index (χ4v) is 2.38.